The Kier molecular flexibility index (Phi) is 5.88. The summed E-state index contributed by atoms with van der Waals surface area (Å²) >= 11 is 5.68. The predicted molar refractivity (Wildman–Crippen MR) is 119 cm³/mol. The minimum Gasteiger partial charge on any atom is -0.489 e. The van der Waals surface area contributed by atoms with E-state index in [-0.39, 0.29) is 0 Å². The number of hydrogen-bond donors (Lipinski definition) is 1. The molecule has 28 heavy (non-hydrogen) atoms. The van der Waals surface area contributed by atoms with Gasteiger partial charge < -0.3 is 15.0 Å². The van der Waals surface area contributed by atoms with Crippen molar-refractivity contribution in [3.8, 4) is 5.75 Å². The zero-order valence-corrected chi connectivity index (χ0v) is 16.6. The van der Waals surface area contributed by atoms with Crippen LogP contribution in [0.2, 0.25) is 0 Å². The molecular weight excluding hydrogens is 364 g/mol. The van der Waals surface area contributed by atoms with E-state index in [1.165, 1.54) is 24.0 Å². The molecule has 1 aliphatic carbocycles. The Hall–Kier alpha value is -2.85. The van der Waals surface area contributed by atoms with E-state index in [4.69, 9.17) is 17.0 Å². The average molecular weight is 389 g/mol. The quantitative estimate of drug-likeness (QED) is 0.555. The minimum absolute atomic E-state index is 0.535. The first kappa shape index (κ1) is 18.5. The van der Waals surface area contributed by atoms with Crippen LogP contribution >= 0.6 is 12.2 Å². The van der Waals surface area contributed by atoms with Gasteiger partial charge in [-0.15, -0.1) is 0 Å². The molecule has 0 radical (unpaired) electrons. The second-order valence-corrected chi connectivity index (χ2v) is 7.45. The molecule has 1 N–H and O–H groups in total. The highest BCUT2D eigenvalue weighted by Crippen LogP contribution is 2.23. The smallest absolute Gasteiger partial charge is 0.173 e. The van der Waals surface area contributed by atoms with Crippen LogP contribution in [0.1, 0.15) is 24.0 Å². The van der Waals surface area contributed by atoms with Gasteiger partial charge in [-0.25, -0.2) is 0 Å². The van der Waals surface area contributed by atoms with Gasteiger partial charge in [0.2, 0.25) is 0 Å². The van der Waals surface area contributed by atoms with Gasteiger partial charge >= 0.3 is 0 Å². The first-order valence-electron chi connectivity index (χ1n) is 9.67. The fourth-order valence-corrected chi connectivity index (χ4v) is 3.32. The molecule has 142 valence electrons. The van der Waals surface area contributed by atoms with E-state index in [0.29, 0.717) is 12.6 Å². The lowest BCUT2D eigenvalue weighted by atomic mass is 10.2. The zero-order valence-electron chi connectivity index (χ0n) is 15.8. The standard InChI is InChI=1S/C24H24N2OS/c28-24(25-21-13-14-21)26(22-9-5-2-6-10-22)17-19-11-15-23(16-12-19)27-18-20-7-3-1-4-8-20/h1-12,15-16,21H,13-14,17-18H2,(H,25,28). The molecule has 3 aromatic carbocycles. The van der Waals surface area contributed by atoms with Crippen LogP contribution in [-0.2, 0) is 13.2 Å². The number of nitrogens with one attached hydrogen (secondary N) is 1. The highest BCUT2D eigenvalue weighted by molar-refractivity contribution is 7.80. The van der Waals surface area contributed by atoms with Crippen LogP contribution in [0.4, 0.5) is 5.69 Å². The van der Waals surface area contributed by atoms with Gasteiger partial charge in [0.05, 0.1) is 6.54 Å². The molecule has 0 aliphatic heterocycles. The molecule has 0 spiro atoms. The largest absolute Gasteiger partial charge is 0.489 e. The van der Waals surface area contributed by atoms with Crippen LogP contribution in [0.25, 0.3) is 0 Å². The molecule has 3 aromatic rings. The summed E-state index contributed by atoms with van der Waals surface area (Å²) in [6, 6.07) is 29.3. The fraction of sp³-hybridized carbons (Fsp3) is 0.208. The molecule has 1 aliphatic rings. The number of thiocarbonyl (C=S) groups is 1. The van der Waals surface area contributed by atoms with Crippen molar-refractivity contribution < 1.29 is 4.74 Å². The first-order chi connectivity index (χ1) is 13.8. The van der Waals surface area contributed by atoms with Gasteiger partial charge in [0.1, 0.15) is 12.4 Å². The molecule has 0 unspecified atom stereocenters. The molecule has 4 heteroatoms. The van der Waals surface area contributed by atoms with Crippen LogP contribution in [0.15, 0.2) is 84.9 Å². The molecule has 0 heterocycles. The van der Waals surface area contributed by atoms with Crippen molar-refractivity contribution in [1.82, 2.24) is 5.32 Å². The Morgan fingerprint density at radius 2 is 1.50 bits per heavy atom. The summed E-state index contributed by atoms with van der Waals surface area (Å²) in [6.07, 6.45) is 2.41. The summed E-state index contributed by atoms with van der Waals surface area (Å²) in [7, 11) is 0. The first-order valence-corrected chi connectivity index (χ1v) is 10.1. The molecule has 0 atom stereocenters. The van der Waals surface area contributed by atoms with Gasteiger partial charge in [-0.05, 0) is 60.5 Å². The van der Waals surface area contributed by atoms with E-state index in [1.54, 1.807) is 0 Å². The molecular formula is C24H24N2OS. The summed E-state index contributed by atoms with van der Waals surface area (Å²) in [4.78, 5) is 2.16. The summed E-state index contributed by atoms with van der Waals surface area (Å²) in [5, 5.41) is 4.25. The second kappa shape index (κ2) is 8.89. The van der Waals surface area contributed by atoms with E-state index >= 15 is 0 Å². The van der Waals surface area contributed by atoms with Crippen molar-refractivity contribution in [2.45, 2.75) is 32.0 Å². The maximum absolute atomic E-state index is 5.89. The normalized spacial score (nSPS) is 13.0. The van der Waals surface area contributed by atoms with E-state index in [0.717, 1.165) is 23.1 Å². The SMILES string of the molecule is S=C(NC1CC1)N(Cc1ccc(OCc2ccccc2)cc1)c1ccccc1. The topological polar surface area (TPSA) is 24.5 Å². The van der Waals surface area contributed by atoms with Crippen molar-refractivity contribution in [2.24, 2.45) is 0 Å². The zero-order chi connectivity index (χ0) is 19.2. The maximum Gasteiger partial charge on any atom is 0.173 e. The number of para-hydroxylation sites is 1. The number of anilines is 1. The number of hydrogen-bond acceptors (Lipinski definition) is 2. The summed E-state index contributed by atoms with van der Waals surface area (Å²) in [5.74, 6) is 0.873. The van der Waals surface area contributed by atoms with Gasteiger partial charge in [-0.2, -0.15) is 0 Å². The lowest BCUT2D eigenvalue weighted by molar-refractivity contribution is 0.306. The summed E-state index contributed by atoms with van der Waals surface area (Å²) in [5.41, 5.74) is 3.46. The van der Waals surface area contributed by atoms with Crippen molar-refractivity contribution >= 4 is 23.0 Å². The molecule has 0 aromatic heterocycles. The van der Waals surface area contributed by atoms with Crippen molar-refractivity contribution in [3.63, 3.8) is 0 Å². The lowest BCUT2D eigenvalue weighted by Gasteiger charge is -2.26. The second-order valence-electron chi connectivity index (χ2n) is 7.06. The third-order valence-electron chi connectivity index (χ3n) is 4.73. The minimum atomic E-state index is 0.535. The van der Waals surface area contributed by atoms with Crippen molar-refractivity contribution in [2.75, 3.05) is 4.90 Å². The van der Waals surface area contributed by atoms with Crippen LogP contribution in [0, 0.1) is 0 Å². The molecule has 3 nitrogen and oxygen atoms in total. The van der Waals surface area contributed by atoms with Gasteiger partial charge in [0.15, 0.2) is 5.11 Å². The third-order valence-corrected chi connectivity index (χ3v) is 5.07. The average Bonchev–Trinajstić information content (AvgIpc) is 3.56. The molecule has 0 bridgehead atoms. The van der Waals surface area contributed by atoms with Crippen LogP contribution < -0.4 is 15.0 Å². The summed E-state index contributed by atoms with van der Waals surface area (Å²) < 4.78 is 5.89. The highest BCUT2D eigenvalue weighted by Gasteiger charge is 2.24. The van der Waals surface area contributed by atoms with E-state index < -0.39 is 0 Å². The Labute approximate surface area is 172 Å². The highest BCUT2D eigenvalue weighted by atomic mass is 32.1. The molecule has 0 saturated heterocycles. The molecule has 4 rings (SSSR count). The molecule has 0 amide bonds. The molecule has 1 saturated carbocycles. The Bertz CT molecular complexity index is 893. The van der Waals surface area contributed by atoms with Gasteiger partial charge in [0, 0.05) is 11.7 Å². The Morgan fingerprint density at radius 3 is 2.14 bits per heavy atom. The van der Waals surface area contributed by atoms with Crippen molar-refractivity contribution in [3.05, 3.63) is 96.1 Å². The number of benzene rings is 3. The third kappa shape index (κ3) is 5.11. The Morgan fingerprint density at radius 1 is 0.857 bits per heavy atom. The van der Waals surface area contributed by atoms with Crippen LogP contribution in [-0.4, -0.2) is 11.2 Å². The van der Waals surface area contributed by atoms with Crippen LogP contribution in [0.3, 0.4) is 0 Å². The predicted octanol–water partition coefficient (Wildman–Crippen LogP) is 5.31. The van der Waals surface area contributed by atoms with Crippen LogP contribution in [0.5, 0.6) is 5.75 Å². The fourth-order valence-electron chi connectivity index (χ4n) is 2.98. The number of nitrogens with zero attached hydrogens (tertiary/aromatic N) is 1. The van der Waals surface area contributed by atoms with Gasteiger partial charge in [-0.3, -0.25) is 0 Å². The Balaban J connectivity index is 1.42. The maximum atomic E-state index is 5.89. The van der Waals surface area contributed by atoms with E-state index in [2.05, 4.69) is 46.6 Å². The van der Waals surface area contributed by atoms with Crippen molar-refractivity contribution in [1.29, 1.82) is 0 Å². The number of rotatable bonds is 7. The lowest BCUT2D eigenvalue weighted by Crippen LogP contribution is -2.40. The van der Waals surface area contributed by atoms with Gasteiger partial charge in [-0.1, -0.05) is 60.7 Å². The summed E-state index contributed by atoms with van der Waals surface area (Å²) in [6.45, 7) is 1.30. The van der Waals surface area contributed by atoms with Gasteiger partial charge in [0.25, 0.3) is 0 Å². The van der Waals surface area contributed by atoms with E-state index in [9.17, 15) is 0 Å². The molecule has 1 fully saturated rings. The monoisotopic (exact) mass is 388 g/mol. The van der Waals surface area contributed by atoms with E-state index in [1.807, 2.05) is 48.5 Å². The number of ether oxygens (including phenoxy) is 1.